The summed E-state index contributed by atoms with van der Waals surface area (Å²) in [6.07, 6.45) is 20.5. The van der Waals surface area contributed by atoms with Gasteiger partial charge in [-0.3, -0.25) is 0 Å². The molecule has 0 aliphatic carbocycles. The lowest BCUT2D eigenvalue weighted by atomic mass is 9.86. The average Bonchev–Trinajstić information content (AvgIpc) is 3.26. The SMILES string of the molecule is CCCCCCCCCCCCCCCCCCOc1ccc(S(=O)(=O)N/N=C2\N(CC)c3ccccc3C2(C)C)cc1C(=O)O. The number of benzene rings is 2. The summed E-state index contributed by atoms with van der Waals surface area (Å²) in [5.74, 6) is -0.491. The summed E-state index contributed by atoms with van der Waals surface area (Å²) >= 11 is 0. The summed E-state index contributed by atoms with van der Waals surface area (Å²) in [4.78, 5) is 16.2. The van der Waals surface area contributed by atoms with Crippen molar-refractivity contribution in [2.24, 2.45) is 5.10 Å². The summed E-state index contributed by atoms with van der Waals surface area (Å²) in [5.41, 5.74) is 1.36. The van der Waals surface area contributed by atoms with E-state index in [1.807, 2.05) is 49.9 Å². The van der Waals surface area contributed by atoms with Gasteiger partial charge in [0, 0.05) is 12.2 Å². The molecule has 0 fully saturated rings. The van der Waals surface area contributed by atoms with E-state index in [0.717, 1.165) is 36.6 Å². The van der Waals surface area contributed by atoms with Crippen LogP contribution in [-0.4, -0.2) is 38.5 Å². The number of sulfonamides is 1. The molecule has 1 aliphatic heterocycles. The van der Waals surface area contributed by atoms with E-state index >= 15 is 0 Å². The van der Waals surface area contributed by atoms with Crippen molar-refractivity contribution in [1.29, 1.82) is 0 Å². The Kier molecular flexibility index (Phi) is 15.4. The number of unbranched alkanes of at least 4 members (excludes halogenated alkanes) is 15. The highest BCUT2D eigenvalue weighted by Crippen LogP contribution is 2.41. The lowest BCUT2D eigenvalue weighted by molar-refractivity contribution is 0.0691. The molecule has 1 heterocycles. The number of carboxylic acids is 1. The molecule has 0 atom stereocenters. The summed E-state index contributed by atoms with van der Waals surface area (Å²) in [6.45, 7) is 9.26. The molecule has 0 spiro atoms. The van der Waals surface area contributed by atoms with Gasteiger partial charge in [0.15, 0.2) is 0 Å². The zero-order valence-electron chi connectivity index (χ0n) is 28.7. The highest BCUT2D eigenvalue weighted by Gasteiger charge is 2.41. The van der Waals surface area contributed by atoms with Gasteiger partial charge >= 0.3 is 5.97 Å². The summed E-state index contributed by atoms with van der Waals surface area (Å²) in [7, 11) is -4.13. The number of nitrogens with zero attached hydrogens (tertiary/aromatic N) is 2. The van der Waals surface area contributed by atoms with Crippen molar-refractivity contribution >= 4 is 27.5 Å². The predicted molar refractivity (Wildman–Crippen MR) is 189 cm³/mol. The van der Waals surface area contributed by atoms with Crippen LogP contribution in [0.15, 0.2) is 52.5 Å². The van der Waals surface area contributed by atoms with Crippen LogP contribution in [0.4, 0.5) is 5.69 Å². The second-order valence-electron chi connectivity index (χ2n) is 13.0. The van der Waals surface area contributed by atoms with E-state index in [4.69, 9.17) is 4.74 Å². The van der Waals surface area contributed by atoms with E-state index in [9.17, 15) is 18.3 Å². The number of hydrogen-bond acceptors (Lipinski definition) is 5. The maximum Gasteiger partial charge on any atom is 0.339 e. The van der Waals surface area contributed by atoms with Crippen molar-refractivity contribution in [1.82, 2.24) is 4.83 Å². The first kappa shape index (κ1) is 37.4. The van der Waals surface area contributed by atoms with E-state index in [0.29, 0.717) is 19.0 Å². The molecule has 3 rings (SSSR count). The summed E-state index contributed by atoms with van der Waals surface area (Å²) in [6, 6.07) is 11.8. The van der Waals surface area contributed by atoms with Crippen LogP contribution in [0.3, 0.4) is 0 Å². The molecule has 8 nitrogen and oxygen atoms in total. The van der Waals surface area contributed by atoms with Crippen LogP contribution in [0, 0.1) is 0 Å². The first-order valence-electron chi connectivity index (χ1n) is 17.6. The van der Waals surface area contributed by atoms with Crippen LogP contribution in [0.2, 0.25) is 0 Å². The Morgan fingerprint density at radius 1 is 0.826 bits per heavy atom. The topological polar surface area (TPSA) is 108 Å². The Labute approximate surface area is 278 Å². The van der Waals surface area contributed by atoms with Crippen LogP contribution >= 0.6 is 0 Å². The Balaban J connectivity index is 1.40. The number of likely N-dealkylation sites (N-methyl/N-ethyl adjacent to an activating group) is 1. The minimum Gasteiger partial charge on any atom is -0.493 e. The molecule has 0 radical (unpaired) electrons. The second kappa shape index (κ2) is 18.9. The van der Waals surface area contributed by atoms with Crippen molar-refractivity contribution in [3.05, 3.63) is 53.6 Å². The smallest absolute Gasteiger partial charge is 0.339 e. The number of aromatic carboxylic acids is 1. The third-order valence-electron chi connectivity index (χ3n) is 9.02. The largest absolute Gasteiger partial charge is 0.493 e. The second-order valence-corrected chi connectivity index (χ2v) is 14.7. The van der Waals surface area contributed by atoms with E-state index in [2.05, 4.69) is 16.9 Å². The number of fused-ring (bicyclic) bond motifs is 1. The minimum absolute atomic E-state index is 0.170. The predicted octanol–water partition coefficient (Wildman–Crippen LogP) is 9.43. The van der Waals surface area contributed by atoms with Gasteiger partial charge in [-0.25, -0.2) is 4.79 Å². The minimum atomic E-state index is -4.13. The average molecular weight is 656 g/mol. The molecular formula is C37H57N3O5S. The van der Waals surface area contributed by atoms with E-state index in [-0.39, 0.29) is 16.2 Å². The molecule has 9 heteroatoms. The van der Waals surface area contributed by atoms with Crippen LogP contribution in [-0.2, 0) is 15.4 Å². The first-order chi connectivity index (χ1) is 22.1. The quantitative estimate of drug-likeness (QED) is 0.0912. The van der Waals surface area contributed by atoms with Gasteiger partial charge in [0.1, 0.15) is 17.1 Å². The van der Waals surface area contributed by atoms with Gasteiger partial charge in [-0.1, -0.05) is 121 Å². The van der Waals surface area contributed by atoms with Gasteiger partial charge < -0.3 is 14.7 Å². The maximum absolute atomic E-state index is 13.2. The van der Waals surface area contributed by atoms with Gasteiger partial charge in [0.2, 0.25) is 0 Å². The van der Waals surface area contributed by atoms with E-state index < -0.39 is 21.4 Å². The molecule has 46 heavy (non-hydrogen) atoms. The molecule has 0 bridgehead atoms. The van der Waals surface area contributed by atoms with Crippen LogP contribution in [0.25, 0.3) is 0 Å². The molecule has 256 valence electrons. The normalized spacial score (nSPS) is 14.9. The summed E-state index contributed by atoms with van der Waals surface area (Å²) in [5, 5.41) is 14.1. The van der Waals surface area contributed by atoms with Crippen LogP contribution < -0.4 is 14.5 Å². The Hall–Kier alpha value is -3.07. The number of hydrogen-bond donors (Lipinski definition) is 2. The number of rotatable bonds is 23. The highest BCUT2D eigenvalue weighted by atomic mass is 32.2. The Morgan fingerprint density at radius 2 is 1.37 bits per heavy atom. The number of hydrazone groups is 1. The van der Waals surface area contributed by atoms with Gasteiger partial charge in [-0.2, -0.15) is 18.4 Å². The molecule has 0 unspecified atom stereocenters. The molecule has 0 amide bonds. The number of carboxylic acid groups (broad SMARTS) is 1. The first-order valence-corrected chi connectivity index (χ1v) is 19.1. The third-order valence-corrected chi connectivity index (χ3v) is 10.2. The molecular weight excluding hydrogens is 598 g/mol. The number of carbonyl (C=O) groups is 1. The van der Waals surface area contributed by atoms with Gasteiger partial charge in [-0.15, -0.1) is 0 Å². The third kappa shape index (κ3) is 10.7. The zero-order valence-corrected chi connectivity index (χ0v) is 29.5. The molecule has 0 aromatic heterocycles. The lowest BCUT2D eigenvalue weighted by Crippen LogP contribution is -2.38. The zero-order chi connectivity index (χ0) is 33.4. The monoisotopic (exact) mass is 655 g/mol. The van der Waals surface area contributed by atoms with E-state index in [1.54, 1.807) is 0 Å². The van der Waals surface area contributed by atoms with Gasteiger partial charge in [0.05, 0.1) is 16.9 Å². The fraction of sp³-hybridized carbons (Fsp3) is 0.622. The molecule has 0 saturated heterocycles. The standard InChI is InChI=1S/C37H57N3O5S/c1-5-7-8-9-10-11-12-13-14-15-16-17-18-19-20-23-28-45-34-27-26-30(29-31(34)35(41)42)46(43,44)39-38-36-37(3,4)32-24-21-22-25-33(32)40(36)6-2/h21-22,24-27,29,39H,5-20,23,28H2,1-4H3,(H,41,42)/b38-36-. The van der Waals surface area contributed by atoms with Crippen molar-refractivity contribution in [2.75, 3.05) is 18.1 Å². The maximum atomic E-state index is 13.2. The molecule has 2 aromatic rings. The number of ether oxygens (including phenoxy) is 1. The lowest BCUT2D eigenvalue weighted by Gasteiger charge is -2.24. The summed E-state index contributed by atoms with van der Waals surface area (Å²) < 4.78 is 32.2. The van der Waals surface area contributed by atoms with E-state index in [1.165, 1.54) is 95.6 Å². The molecule has 0 saturated carbocycles. The van der Waals surface area contributed by atoms with Crippen molar-refractivity contribution in [2.45, 2.75) is 141 Å². The van der Waals surface area contributed by atoms with Gasteiger partial charge in [-0.05, 0) is 57.0 Å². The highest BCUT2D eigenvalue weighted by molar-refractivity contribution is 7.89. The van der Waals surface area contributed by atoms with Crippen molar-refractivity contribution in [3.63, 3.8) is 0 Å². The number of nitrogens with one attached hydrogen (secondary N) is 1. The Morgan fingerprint density at radius 3 is 1.91 bits per heavy atom. The molecule has 1 aliphatic rings. The van der Waals surface area contributed by atoms with Crippen molar-refractivity contribution in [3.8, 4) is 5.75 Å². The fourth-order valence-corrected chi connectivity index (χ4v) is 7.12. The number of anilines is 1. The van der Waals surface area contributed by atoms with Crippen LogP contribution in [0.5, 0.6) is 5.75 Å². The fourth-order valence-electron chi connectivity index (χ4n) is 6.29. The Bertz CT molecular complexity index is 1370. The van der Waals surface area contributed by atoms with Crippen molar-refractivity contribution < 1.29 is 23.1 Å². The molecule has 2 aromatic carbocycles. The van der Waals surface area contributed by atoms with Crippen LogP contribution in [0.1, 0.15) is 146 Å². The van der Waals surface area contributed by atoms with Gasteiger partial charge in [0.25, 0.3) is 10.0 Å². The number of para-hydroxylation sites is 1. The number of amidine groups is 1. The molecule has 2 N–H and O–H groups in total.